The van der Waals surface area contributed by atoms with Gasteiger partial charge in [0.1, 0.15) is 11.5 Å². The second kappa shape index (κ2) is 9.94. The summed E-state index contributed by atoms with van der Waals surface area (Å²) in [4.78, 5) is 31.0. The van der Waals surface area contributed by atoms with Gasteiger partial charge in [0, 0.05) is 18.3 Å². The molecule has 0 atom stereocenters. The van der Waals surface area contributed by atoms with Crippen molar-refractivity contribution in [2.24, 2.45) is 0 Å². The predicted molar refractivity (Wildman–Crippen MR) is 132 cm³/mol. The molecule has 0 radical (unpaired) electrons. The van der Waals surface area contributed by atoms with Crippen molar-refractivity contribution < 1.29 is 9.47 Å². The molecule has 5 rings (SSSR count). The average molecular weight is 475 g/mol. The maximum atomic E-state index is 13.2. The van der Waals surface area contributed by atoms with E-state index in [0.717, 1.165) is 25.9 Å². The molecule has 4 aromatic rings. The smallest absolute Gasteiger partial charge is 0.278 e. The number of aromatic nitrogens is 6. The molecule has 0 saturated carbocycles. The first kappa shape index (κ1) is 22.5. The number of nitrogens with one attached hydrogen (secondary N) is 2. The number of ether oxygens (including phenoxy) is 2. The van der Waals surface area contributed by atoms with Crippen LogP contribution >= 0.6 is 0 Å². The lowest BCUT2D eigenvalue weighted by atomic mass is 10.1. The molecule has 0 spiro atoms. The first-order chi connectivity index (χ1) is 17.2. The Kier molecular flexibility index (Phi) is 6.40. The fourth-order valence-electron chi connectivity index (χ4n) is 3.98. The van der Waals surface area contributed by atoms with Gasteiger partial charge in [-0.25, -0.2) is 19.3 Å². The SMILES string of the molecule is C=CCn1c(=O)c2cnc(Nc3ccc(OC)nc3)nc2n1-c1cccc(OC2CCNCC2)n1. The first-order valence-electron chi connectivity index (χ1n) is 11.4. The van der Waals surface area contributed by atoms with E-state index in [1.807, 2.05) is 18.2 Å². The first-order valence-corrected chi connectivity index (χ1v) is 11.4. The molecule has 4 aromatic heterocycles. The van der Waals surface area contributed by atoms with E-state index in [0.29, 0.717) is 40.2 Å². The van der Waals surface area contributed by atoms with Gasteiger partial charge in [-0.05, 0) is 38.1 Å². The number of nitrogens with zero attached hydrogens (tertiary/aromatic N) is 6. The van der Waals surface area contributed by atoms with Crippen LogP contribution in [0.1, 0.15) is 12.8 Å². The maximum Gasteiger partial charge on any atom is 0.278 e. The molecular weight excluding hydrogens is 448 g/mol. The van der Waals surface area contributed by atoms with E-state index in [9.17, 15) is 4.79 Å². The van der Waals surface area contributed by atoms with Gasteiger partial charge in [-0.3, -0.25) is 4.79 Å². The Morgan fingerprint density at radius 2 is 2.00 bits per heavy atom. The van der Waals surface area contributed by atoms with Crippen LogP contribution in [0.5, 0.6) is 11.8 Å². The zero-order valence-electron chi connectivity index (χ0n) is 19.3. The normalized spacial score (nSPS) is 14.1. The molecule has 1 fully saturated rings. The molecule has 1 saturated heterocycles. The molecule has 0 amide bonds. The van der Waals surface area contributed by atoms with Crippen LogP contribution in [-0.2, 0) is 6.54 Å². The van der Waals surface area contributed by atoms with Crippen molar-refractivity contribution in [3.63, 3.8) is 0 Å². The van der Waals surface area contributed by atoms with E-state index in [4.69, 9.17) is 14.5 Å². The molecule has 35 heavy (non-hydrogen) atoms. The Morgan fingerprint density at radius 3 is 2.74 bits per heavy atom. The molecule has 11 heteroatoms. The number of methoxy groups -OCH3 is 1. The van der Waals surface area contributed by atoms with Crippen molar-refractivity contribution in [1.82, 2.24) is 34.6 Å². The molecule has 0 aliphatic carbocycles. The molecule has 0 bridgehead atoms. The van der Waals surface area contributed by atoms with Crippen LogP contribution in [0.4, 0.5) is 11.6 Å². The molecule has 0 aromatic carbocycles. The van der Waals surface area contributed by atoms with E-state index >= 15 is 0 Å². The molecule has 5 heterocycles. The number of hydrogen-bond acceptors (Lipinski definition) is 9. The Hall–Kier alpha value is -4.25. The Morgan fingerprint density at radius 1 is 1.14 bits per heavy atom. The van der Waals surface area contributed by atoms with Gasteiger partial charge in [0.25, 0.3) is 5.56 Å². The van der Waals surface area contributed by atoms with Crippen molar-refractivity contribution in [3.05, 3.63) is 65.7 Å². The molecule has 0 unspecified atom stereocenters. The van der Waals surface area contributed by atoms with Crippen molar-refractivity contribution >= 4 is 22.7 Å². The van der Waals surface area contributed by atoms with Crippen molar-refractivity contribution in [3.8, 4) is 17.6 Å². The van der Waals surface area contributed by atoms with Crippen LogP contribution in [0, 0.1) is 0 Å². The van der Waals surface area contributed by atoms with Gasteiger partial charge in [-0.2, -0.15) is 9.97 Å². The van der Waals surface area contributed by atoms with Crippen LogP contribution in [0.25, 0.3) is 16.9 Å². The summed E-state index contributed by atoms with van der Waals surface area (Å²) in [5.41, 5.74) is 0.867. The standard InChI is InChI=1S/C24H26N8O3/c1-3-13-31-23(33)18-15-27-24(28-16-7-8-20(34-2)26-14-16)30-22(18)32(31)19-5-4-6-21(29-19)35-17-9-11-25-12-10-17/h3-8,14-15,17,25H,1,9-13H2,2H3,(H,27,28,30). The monoisotopic (exact) mass is 474 g/mol. The minimum atomic E-state index is -0.232. The summed E-state index contributed by atoms with van der Waals surface area (Å²) < 4.78 is 14.4. The number of pyridine rings is 2. The highest BCUT2D eigenvalue weighted by Gasteiger charge is 2.19. The lowest BCUT2D eigenvalue weighted by Gasteiger charge is -2.23. The van der Waals surface area contributed by atoms with Gasteiger partial charge in [-0.1, -0.05) is 12.1 Å². The Bertz CT molecular complexity index is 1390. The highest BCUT2D eigenvalue weighted by atomic mass is 16.5. The van der Waals surface area contributed by atoms with E-state index < -0.39 is 0 Å². The average Bonchev–Trinajstić information content (AvgIpc) is 3.16. The quantitative estimate of drug-likeness (QED) is 0.371. The van der Waals surface area contributed by atoms with Gasteiger partial charge >= 0.3 is 0 Å². The van der Waals surface area contributed by atoms with Gasteiger partial charge in [0.05, 0.1) is 25.5 Å². The summed E-state index contributed by atoms with van der Waals surface area (Å²) in [6, 6.07) is 9.03. The fourth-order valence-corrected chi connectivity index (χ4v) is 3.98. The van der Waals surface area contributed by atoms with Crippen LogP contribution in [0.3, 0.4) is 0 Å². The summed E-state index contributed by atoms with van der Waals surface area (Å²) in [6.07, 6.45) is 6.72. The second-order valence-electron chi connectivity index (χ2n) is 8.03. The molecular formula is C24H26N8O3. The molecule has 2 N–H and O–H groups in total. The van der Waals surface area contributed by atoms with Gasteiger partial charge < -0.3 is 20.1 Å². The summed E-state index contributed by atoms with van der Waals surface area (Å²) in [7, 11) is 1.56. The summed E-state index contributed by atoms with van der Waals surface area (Å²) in [5, 5.41) is 6.82. The second-order valence-corrected chi connectivity index (χ2v) is 8.03. The van der Waals surface area contributed by atoms with Gasteiger partial charge in [0.2, 0.25) is 17.7 Å². The zero-order chi connectivity index (χ0) is 24.2. The zero-order valence-corrected chi connectivity index (χ0v) is 19.3. The maximum absolute atomic E-state index is 13.2. The number of rotatable bonds is 8. The van der Waals surface area contributed by atoms with Crippen molar-refractivity contribution in [2.75, 3.05) is 25.5 Å². The van der Waals surface area contributed by atoms with Crippen LogP contribution in [-0.4, -0.2) is 55.6 Å². The lowest BCUT2D eigenvalue weighted by Crippen LogP contribution is -2.34. The van der Waals surface area contributed by atoms with Crippen molar-refractivity contribution in [2.45, 2.75) is 25.5 Å². The lowest BCUT2D eigenvalue weighted by molar-refractivity contribution is 0.156. The number of hydrogen-bond donors (Lipinski definition) is 2. The van der Waals surface area contributed by atoms with E-state index in [2.05, 4.69) is 32.2 Å². The van der Waals surface area contributed by atoms with Crippen LogP contribution in [0.2, 0.25) is 0 Å². The van der Waals surface area contributed by atoms with Crippen molar-refractivity contribution in [1.29, 1.82) is 0 Å². The van der Waals surface area contributed by atoms with Crippen LogP contribution in [0.15, 0.2) is 60.2 Å². The topological polar surface area (TPSA) is 121 Å². The minimum absolute atomic E-state index is 0.104. The van der Waals surface area contributed by atoms with E-state index in [-0.39, 0.29) is 18.2 Å². The number of anilines is 2. The third kappa shape index (κ3) is 4.71. The number of piperidine rings is 1. The summed E-state index contributed by atoms with van der Waals surface area (Å²) in [6.45, 7) is 5.91. The number of fused-ring (bicyclic) bond motifs is 1. The number of allylic oxidation sites excluding steroid dienone is 1. The highest BCUT2D eigenvalue weighted by molar-refractivity contribution is 5.77. The Labute approximate surface area is 201 Å². The highest BCUT2D eigenvalue weighted by Crippen LogP contribution is 2.21. The molecule has 1 aliphatic rings. The van der Waals surface area contributed by atoms with E-state index in [1.54, 1.807) is 36.2 Å². The third-order valence-corrected chi connectivity index (χ3v) is 5.68. The van der Waals surface area contributed by atoms with Crippen LogP contribution < -0.4 is 25.7 Å². The molecule has 1 aliphatic heterocycles. The fraction of sp³-hybridized carbons (Fsp3) is 0.292. The third-order valence-electron chi connectivity index (χ3n) is 5.68. The molecule has 11 nitrogen and oxygen atoms in total. The largest absolute Gasteiger partial charge is 0.481 e. The predicted octanol–water partition coefficient (Wildman–Crippen LogP) is 2.44. The van der Waals surface area contributed by atoms with Gasteiger partial charge in [0.15, 0.2) is 11.5 Å². The minimum Gasteiger partial charge on any atom is -0.481 e. The van der Waals surface area contributed by atoms with Gasteiger partial charge in [-0.15, -0.1) is 6.58 Å². The summed E-state index contributed by atoms with van der Waals surface area (Å²) in [5.74, 6) is 1.84. The van der Waals surface area contributed by atoms with E-state index in [1.165, 1.54) is 10.9 Å². The molecule has 180 valence electrons. The summed E-state index contributed by atoms with van der Waals surface area (Å²) >= 11 is 0. The Balaban J connectivity index is 1.54.